The van der Waals surface area contributed by atoms with E-state index in [0.29, 0.717) is 11.0 Å². The van der Waals surface area contributed by atoms with Crippen LogP contribution in [-0.4, -0.2) is 11.0 Å². The van der Waals surface area contributed by atoms with Crippen LogP contribution in [0.15, 0.2) is 42.5 Å². The predicted molar refractivity (Wildman–Crippen MR) is 123 cm³/mol. The van der Waals surface area contributed by atoms with Gasteiger partial charge in [0.1, 0.15) is 0 Å². The van der Waals surface area contributed by atoms with Gasteiger partial charge in [-0.2, -0.15) is 0 Å². The van der Waals surface area contributed by atoms with Crippen molar-refractivity contribution in [3.05, 3.63) is 68.3 Å². The minimum Gasteiger partial charge on any atom is -0.332 e. The largest absolute Gasteiger partial charge is 0.332 e. The Labute approximate surface area is 174 Å². The molecule has 1 amide bonds. The molecule has 2 rings (SSSR count). The van der Waals surface area contributed by atoms with Gasteiger partial charge in [-0.3, -0.25) is 10.1 Å². The second-order valence-corrected chi connectivity index (χ2v) is 8.08. The van der Waals surface area contributed by atoms with Crippen LogP contribution in [0.1, 0.15) is 42.0 Å². The lowest BCUT2D eigenvalue weighted by atomic mass is 10.0. The summed E-state index contributed by atoms with van der Waals surface area (Å²) in [5.74, 6) is 0.239. The lowest BCUT2D eigenvalue weighted by Crippen LogP contribution is -2.33. The molecule has 0 saturated carbocycles. The lowest BCUT2D eigenvalue weighted by Gasteiger charge is -2.12. The molecule has 0 aliphatic carbocycles. The SMILES string of the molecule is Cc1cc(NC(=S)NC(=O)/C=C/c2ccc(C(C)C)cc2)c(C)cc1I. The number of rotatable bonds is 4. The van der Waals surface area contributed by atoms with Gasteiger partial charge in [-0.15, -0.1) is 0 Å². The second kappa shape index (κ2) is 9.28. The summed E-state index contributed by atoms with van der Waals surface area (Å²) < 4.78 is 1.20. The first kappa shape index (κ1) is 20.6. The number of halogens is 1. The molecule has 2 aromatic rings. The van der Waals surface area contributed by atoms with Crippen molar-refractivity contribution >= 4 is 57.6 Å². The lowest BCUT2D eigenvalue weighted by molar-refractivity contribution is -0.115. The van der Waals surface area contributed by atoms with E-state index in [1.54, 1.807) is 6.08 Å². The number of anilines is 1. The quantitative estimate of drug-likeness (QED) is 0.344. The molecule has 3 nitrogen and oxygen atoms in total. The monoisotopic (exact) mass is 478 g/mol. The Kier molecular flexibility index (Phi) is 7.34. The van der Waals surface area contributed by atoms with Gasteiger partial charge in [0.05, 0.1) is 0 Å². The highest BCUT2D eigenvalue weighted by molar-refractivity contribution is 14.1. The van der Waals surface area contributed by atoms with E-state index in [9.17, 15) is 4.79 Å². The van der Waals surface area contributed by atoms with E-state index < -0.39 is 0 Å². The van der Waals surface area contributed by atoms with Gasteiger partial charge in [0.25, 0.3) is 0 Å². The van der Waals surface area contributed by atoms with Gasteiger partial charge in [-0.25, -0.2) is 0 Å². The standard InChI is InChI=1S/C21H23IN2OS/c1-13(2)17-8-5-16(6-9-17)7-10-20(25)24-21(26)23-19-12-14(3)18(22)11-15(19)4/h5-13H,1-4H3,(H2,23,24,25,26)/b10-7+. The Hall–Kier alpha value is -1.73. The summed E-state index contributed by atoms with van der Waals surface area (Å²) in [5, 5.41) is 6.06. The first-order valence-electron chi connectivity index (χ1n) is 8.43. The van der Waals surface area contributed by atoms with Crippen LogP contribution in [0.3, 0.4) is 0 Å². The van der Waals surface area contributed by atoms with E-state index in [2.05, 4.69) is 65.3 Å². The van der Waals surface area contributed by atoms with Crippen molar-refractivity contribution in [2.45, 2.75) is 33.6 Å². The number of carbonyl (C=O) groups excluding carboxylic acids is 1. The zero-order valence-electron chi connectivity index (χ0n) is 15.4. The van der Waals surface area contributed by atoms with Crippen molar-refractivity contribution in [2.75, 3.05) is 5.32 Å². The molecule has 0 unspecified atom stereocenters. The minimum atomic E-state index is -0.254. The maximum absolute atomic E-state index is 12.1. The molecule has 0 fully saturated rings. The van der Waals surface area contributed by atoms with E-state index >= 15 is 0 Å². The number of carbonyl (C=O) groups is 1. The fraction of sp³-hybridized carbons (Fsp3) is 0.238. The highest BCUT2D eigenvalue weighted by Crippen LogP contribution is 2.21. The molecular weight excluding hydrogens is 455 g/mol. The molecule has 0 saturated heterocycles. The molecule has 26 heavy (non-hydrogen) atoms. The fourth-order valence-electron chi connectivity index (χ4n) is 2.39. The number of amides is 1. The van der Waals surface area contributed by atoms with E-state index in [0.717, 1.165) is 22.4 Å². The summed E-state index contributed by atoms with van der Waals surface area (Å²) in [6, 6.07) is 12.3. The van der Waals surface area contributed by atoms with Crippen LogP contribution in [0.5, 0.6) is 0 Å². The molecular formula is C21H23IN2OS. The van der Waals surface area contributed by atoms with Crippen molar-refractivity contribution in [1.82, 2.24) is 5.32 Å². The van der Waals surface area contributed by atoms with Gasteiger partial charge in [-0.05, 0) is 95.0 Å². The Morgan fingerprint density at radius 2 is 1.77 bits per heavy atom. The summed E-state index contributed by atoms with van der Waals surface area (Å²) in [7, 11) is 0. The smallest absolute Gasteiger partial charge is 0.250 e. The van der Waals surface area contributed by atoms with Gasteiger partial charge in [-0.1, -0.05) is 38.1 Å². The molecule has 2 N–H and O–H groups in total. The summed E-state index contributed by atoms with van der Waals surface area (Å²) in [6.07, 6.45) is 3.27. The van der Waals surface area contributed by atoms with Crippen molar-refractivity contribution < 1.29 is 4.79 Å². The topological polar surface area (TPSA) is 41.1 Å². The van der Waals surface area contributed by atoms with Gasteiger partial charge < -0.3 is 5.32 Å². The maximum atomic E-state index is 12.1. The average Bonchev–Trinajstić information content (AvgIpc) is 2.58. The molecule has 0 radical (unpaired) electrons. The van der Waals surface area contributed by atoms with E-state index in [1.165, 1.54) is 15.2 Å². The maximum Gasteiger partial charge on any atom is 0.250 e. The Bertz CT molecular complexity index is 842. The first-order valence-corrected chi connectivity index (χ1v) is 9.91. The van der Waals surface area contributed by atoms with Gasteiger partial charge >= 0.3 is 0 Å². The van der Waals surface area contributed by atoms with Crippen LogP contribution in [-0.2, 0) is 4.79 Å². The van der Waals surface area contributed by atoms with Crippen molar-refractivity contribution in [1.29, 1.82) is 0 Å². The molecule has 136 valence electrons. The van der Waals surface area contributed by atoms with Crippen LogP contribution < -0.4 is 10.6 Å². The summed E-state index contributed by atoms with van der Waals surface area (Å²) >= 11 is 7.55. The number of hydrogen-bond donors (Lipinski definition) is 2. The Morgan fingerprint density at radius 3 is 2.38 bits per heavy atom. The molecule has 0 bridgehead atoms. The number of benzene rings is 2. The van der Waals surface area contributed by atoms with Gasteiger partial charge in [0.2, 0.25) is 5.91 Å². The Morgan fingerprint density at radius 1 is 1.12 bits per heavy atom. The molecule has 0 spiro atoms. The molecule has 2 aromatic carbocycles. The molecule has 0 aliphatic heterocycles. The van der Waals surface area contributed by atoms with Crippen LogP contribution in [0, 0.1) is 17.4 Å². The summed E-state index contributed by atoms with van der Waals surface area (Å²) in [6.45, 7) is 8.36. The Balaban J connectivity index is 1.94. The predicted octanol–water partition coefficient (Wildman–Crippen LogP) is 5.56. The number of nitrogens with one attached hydrogen (secondary N) is 2. The van der Waals surface area contributed by atoms with Crippen LogP contribution in [0.2, 0.25) is 0 Å². The molecule has 0 atom stereocenters. The van der Waals surface area contributed by atoms with E-state index in [1.807, 2.05) is 32.0 Å². The normalized spacial score (nSPS) is 11.0. The number of thiocarbonyl (C=S) groups is 1. The van der Waals surface area contributed by atoms with E-state index in [4.69, 9.17) is 12.2 Å². The highest BCUT2D eigenvalue weighted by atomic mass is 127. The van der Waals surface area contributed by atoms with Crippen LogP contribution >= 0.6 is 34.8 Å². The number of aryl methyl sites for hydroxylation is 2. The van der Waals surface area contributed by atoms with Crippen molar-refractivity contribution in [3.63, 3.8) is 0 Å². The fourth-order valence-corrected chi connectivity index (χ4v) is 3.22. The molecule has 5 heteroatoms. The molecule has 0 aliphatic rings. The third-order valence-electron chi connectivity index (χ3n) is 4.02. The van der Waals surface area contributed by atoms with Crippen LogP contribution in [0.4, 0.5) is 5.69 Å². The second-order valence-electron chi connectivity index (χ2n) is 6.51. The minimum absolute atomic E-state index is 0.254. The number of hydrogen-bond acceptors (Lipinski definition) is 2. The van der Waals surface area contributed by atoms with Gasteiger partial charge in [0.15, 0.2) is 5.11 Å². The summed E-state index contributed by atoms with van der Waals surface area (Å²) in [4.78, 5) is 12.1. The van der Waals surface area contributed by atoms with Gasteiger partial charge in [0, 0.05) is 15.3 Å². The molecule has 0 heterocycles. The average molecular weight is 478 g/mol. The summed E-state index contributed by atoms with van der Waals surface area (Å²) in [5.41, 5.74) is 5.41. The zero-order chi connectivity index (χ0) is 19.3. The highest BCUT2D eigenvalue weighted by Gasteiger charge is 2.06. The van der Waals surface area contributed by atoms with E-state index in [-0.39, 0.29) is 5.91 Å². The van der Waals surface area contributed by atoms with Crippen molar-refractivity contribution in [2.24, 2.45) is 0 Å². The third-order valence-corrected chi connectivity index (χ3v) is 5.39. The first-order chi connectivity index (χ1) is 12.3. The van der Waals surface area contributed by atoms with Crippen LogP contribution in [0.25, 0.3) is 6.08 Å². The zero-order valence-corrected chi connectivity index (χ0v) is 18.4. The third kappa shape index (κ3) is 5.92. The van der Waals surface area contributed by atoms with Crippen molar-refractivity contribution in [3.8, 4) is 0 Å². The molecule has 0 aromatic heterocycles.